The maximum absolute atomic E-state index is 13.5. The number of hydrogen-bond donors (Lipinski definition) is 1. The predicted octanol–water partition coefficient (Wildman–Crippen LogP) is 3.20. The lowest BCUT2D eigenvalue weighted by molar-refractivity contribution is 0.263. The van der Waals surface area contributed by atoms with Crippen LogP contribution in [-0.2, 0) is 13.2 Å². The molecule has 0 fully saturated rings. The van der Waals surface area contributed by atoms with Crippen molar-refractivity contribution in [1.82, 2.24) is 14.8 Å². The molecule has 2 aromatic rings. The number of nitrogens with zero attached hydrogens (tertiary/aromatic N) is 3. The first-order valence-corrected chi connectivity index (χ1v) is 8.76. The van der Waals surface area contributed by atoms with Crippen LogP contribution < -0.4 is 0 Å². The van der Waals surface area contributed by atoms with E-state index in [-0.39, 0.29) is 12.4 Å². The highest BCUT2D eigenvalue weighted by atomic mass is 32.2. The molecule has 0 aliphatic carbocycles. The molecule has 0 atom stereocenters. The zero-order valence-electron chi connectivity index (χ0n) is 11.8. The third-order valence-corrected chi connectivity index (χ3v) is 5.07. The summed E-state index contributed by atoms with van der Waals surface area (Å²) in [5, 5.41) is 18.1. The molecule has 7 heteroatoms. The van der Waals surface area contributed by atoms with E-state index in [2.05, 4.69) is 17.1 Å². The summed E-state index contributed by atoms with van der Waals surface area (Å²) in [5.41, 5.74) is 0. The standard InChI is InChI=1S/C14H18FN3OS2/c1-2-7-18-13(10-19)16-17-14(18)21-9-8-20-12-6-4-3-5-11(12)15/h3-6,19H,2,7-10H2,1H3. The molecule has 0 saturated carbocycles. The van der Waals surface area contributed by atoms with E-state index in [1.54, 1.807) is 23.9 Å². The lowest BCUT2D eigenvalue weighted by atomic mass is 10.3. The summed E-state index contributed by atoms with van der Waals surface area (Å²) in [7, 11) is 0. The van der Waals surface area contributed by atoms with Crippen LogP contribution in [0.15, 0.2) is 34.3 Å². The largest absolute Gasteiger partial charge is 0.388 e. The number of halogens is 1. The first-order chi connectivity index (χ1) is 10.3. The van der Waals surface area contributed by atoms with Crippen molar-refractivity contribution in [3.63, 3.8) is 0 Å². The molecule has 1 N–H and O–H groups in total. The third kappa shape index (κ3) is 4.46. The Labute approximate surface area is 132 Å². The summed E-state index contributed by atoms with van der Waals surface area (Å²) in [6, 6.07) is 6.79. The highest BCUT2D eigenvalue weighted by Crippen LogP contribution is 2.24. The highest BCUT2D eigenvalue weighted by Gasteiger charge is 2.11. The molecule has 0 aliphatic heterocycles. The van der Waals surface area contributed by atoms with E-state index in [1.165, 1.54) is 17.8 Å². The summed E-state index contributed by atoms with van der Waals surface area (Å²) in [4.78, 5) is 0.671. The van der Waals surface area contributed by atoms with E-state index in [4.69, 9.17) is 0 Å². The van der Waals surface area contributed by atoms with E-state index >= 15 is 0 Å². The van der Waals surface area contributed by atoms with Crippen LogP contribution >= 0.6 is 23.5 Å². The Hall–Kier alpha value is -1.05. The van der Waals surface area contributed by atoms with Crippen LogP contribution in [0.5, 0.6) is 0 Å². The minimum Gasteiger partial charge on any atom is -0.388 e. The topological polar surface area (TPSA) is 50.9 Å². The molecule has 0 bridgehead atoms. The van der Waals surface area contributed by atoms with E-state index in [9.17, 15) is 9.50 Å². The zero-order chi connectivity index (χ0) is 15.1. The molecule has 4 nitrogen and oxygen atoms in total. The Morgan fingerprint density at radius 2 is 1.95 bits per heavy atom. The Bertz CT molecular complexity index is 577. The van der Waals surface area contributed by atoms with Crippen molar-refractivity contribution in [3.8, 4) is 0 Å². The number of hydrogen-bond acceptors (Lipinski definition) is 5. The minimum absolute atomic E-state index is 0.0997. The van der Waals surface area contributed by atoms with Crippen molar-refractivity contribution < 1.29 is 9.50 Å². The van der Waals surface area contributed by atoms with E-state index < -0.39 is 0 Å². The van der Waals surface area contributed by atoms with Crippen molar-refractivity contribution in [2.24, 2.45) is 0 Å². The number of aliphatic hydroxyl groups is 1. The molecule has 1 aromatic carbocycles. The average Bonchev–Trinajstić information content (AvgIpc) is 2.88. The van der Waals surface area contributed by atoms with Crippen LogP contribution in [0.25, 0.3) is 0 Å². The molecule has 0 unspecified atom stereocenters. The highest BCUT2D eigenvalue weighted by molar-refractivity contribution is 8.02. The van der Waals surface area contributed by atoms with Crippen LogP contribution in [0.1, 0.15) is 19.2 Å². The third-order valence-electron chi connectivity index (χ3n) is 2.79. The monoisotopic (exact) mass is 327 g/mol. The maximum atomic E-state index is 13.5. The van der Waals surface area contributed by atoms with Gasteiger partial charge in [0.05, 0.1) is 0 Å². The van der Waals surface area contributed by atoms with Gasteiger partial charge in [0, 0.05) is 22.9 Å². The molecule has 2 rings (SSSR count). The molecule has 0 radical (unpaired) electrons. The fourth-order valence-electron chi connectivity index (χ4n) is 1.84. The van der Waals surface area contributed by atoms with Gasteiger partial charge < -0.3 is 9.67 Å². The van der Waals surface area contributed by atoms with Crippen LogP contribution in [0.3, 0.4) is 0 Å². The van der Waals surface area contributed by atoms with Gasteiger partial charge in [0.15, 0.2) is 11.0 Å². The van der Waals surface area contributed by atoms with Crippen molar-refractivity contribution in [2.45, 2.75) is 36.5 Å². The lowest BCUT2D eigenvalue weighted by Crippen LogP contribution is -2.05. The van der Waals surface area contributed by atoms with Gasteiger partial charge in [-0.2, -0.15) is 0 Å². The van der Waals surface area contributed by atoms with Crippen LogP contribution in [0, 0.1) is 5.82 Å². The summed E-state index contributed by atoms with van der Waals surface area (Å²) in [6.45, 7) is 2.77. The van der Waals surface area contributed by atoms with E-state index in [1.807, 2.05) is 10.6 Å². The minimum atomic E-state index is -0.177. The molecule has 1 aromatic heterocycles. The number of aromatic nitrogens is 3. The Kier molecular flexibility index (Phi) is 6.53. The van der Waals surface area contributed by atoms with Crippen LogP contribution in [0.2, 0.25) is 0 Å². The molecular weight excluding hydrogens is 309 g/mol. The first kappa shape index (κ1) is 16.3. The molecular formula is C14H18FN3OS2. The Balaban J connectivity index is 1.86. The maximum Gasteiger partial charge on any atom is 0.191 e. The summed E-state index contributed by atoms with van der Waals surface area (Å²) >= 11 is 3.08. The first-order valence-electron chi connectivity index (χ1n) is 6.79. The quantitative estimate of drug-likeness (QED) is 0.596. The Morgan fingerprint density at radius 3 is 2.67 bits per heavy atom. The predicted molar refractivity (Wildman–Crippen MR) is 84.1 cm³/mol. The molecule has 114 valence electrons. The van der Waals surface area contributed by atoms with Gasteiger partial charge in [0.25, 0.3) is 0 Å². The van der Waals surface area contributed by atoms with E-state index in [0.29, 0.717) is 10.7 Å². The normalized spacial score (nSPS) is 11.0. The summed E-state index contributed by atoms with van der Waals surface area (Å²) in [6.07, 6.45) is 0.961. The van der Waals surface area contributed by atoms with Gasteiger partial charge in [-0.1, -0.05) is 30.8 Å². The second-order valence-electron chi connectivity index (χ2n) is 4.34. The summed E-state index contributed by atoms with van der Waals surface area (Å²) < 4.78 is 15.4. The number of rotatable bonds is 8. The van der Waals surface area contributed by atoms with Gasteiger partial charge in [-0.3, -0.25) is 0 Å². The van der Waals surface area contributed by atoms with Crippen LogP contribution in [0.4, 0.5) is 4.39 Å². The smallest absolute Gasteiger partial charge is 0.191 e. The SMILES string of the molecule is CCCn1c(CO)nnc1SCCSc1ccccc1F. The lowest BCUT2D eigenvalue weighted by Gasteiger charge is -2.07. The second kappa shape index (κ2) is 8.41. The van der Waals surface area contributed by atoms with Gasteiger partial charge in [-0.25, -0.2) is 4.39 Å². The van der Waals surface area contributed by atoms with Crippen molar-refractivity contribution in [2.75, 3.05) is 11.5 Å². The van der Waals surface area contributed by atoms with Crippen molar-refractivity contribution in [1.29, 1.82) is 0 Å². The van der Waals surface area contributed by atoms with Gasteiger partial charge in [-0.05, 0) is 18.6 Å². The van der Waals surface area contributed by atoms with Gasteiger partial charge in [0.1, 0.15) is 12.4 Å². The second-order valence-corrected chi connectivity index (χ2v) is 6.53. The van der Waals surface area contributed by atoms with Gasteiger partial charge >= 0.3 is 0 Å². The molecule has 0 aliphatic rings. The molecule has 0 spiro atoms. The fourth-order valence-corrected chi connectivity index (χ4v) is 3.74. The van der Waals surface area contributed by atoms with Gasteiger partial charge in [0.2, 0.25) is 0 Å². The van der Waals surface area contributed by atoms with Crippen LogP contribution in [-0.4, -0.2) is 31.4 Å². The number of thioether (sulfide) groups is 2. The molecule has 21 heavy (non-hydrogen) atoms. The molecule has 0 amide bonds. The van der Waals surface area contributed by atoms with Crippen molar-refractivity contribution in [3.05, 3.63) is 35.9 Å². The van der Waals surface area contributed by atoms with Gasteiger partial charge in [-0.15, -0.1) is 22.0 Å². The average molecular weight is 327 g/mol. The number of benzene rings is 1. The van der Waals surface area contributed by atoms with Crippen molar-refractivity contribution >= 4 is 23.5 Å². The Morgan fingerprint density at radius 1 is 1.19 bits per heavy atom. The molecule has 1 heterocycles. The summed E-state index contributed by atoms with van der Waals surface area (Å²) in [5.74, 6) is 2.02. The zero-order valence-corrected chi connectivity index (χ0v) is 13.5. The number of aliphatic hydroxyl groups excluding tert-OH is 1. The van der Waals surface area contributed by atoms with E-state index in [0.717, 1.165) is 29.6 Å². The fraction of sp³-hybridized carbons (Fsp3) is 0.429. The molecule has 0 saturated heterocycles.